The van der Waals surface area contributed by atoms with Crippen LogP contribution >= 0.6 is 27.7 Å². The first-order chi connectivity index (χ1) is 9.74. The molecular weight excluding hydrogens is 334 g/mol. The standard InChI is InChI=1S/C15H18BrN3S/c1-19-14(12-6-2-3-7-12)17-18-15(19)20-10-11-5-4-8-13(16)9-11/h4-5,8-9,12H,2-3,6-7,10H2,1H3. The molecule has 0 N–H and O–H groups in total. The molecule has 0 bridgehead atoms. The van der Waals surface area contributed by atoms with E-state index in [1.165, 1.54) is 37.1 Å². The normalized spacial score (nSPS) is 15.9. The molecule has 0 atom stereocenters. The van der Waals surface area contributed by atoms with Gasteiger partial charge in [-0.05, 0) is 30.5 Å². The largest absolute Gasteiger partial charge is 0.309 e. The second kappa shape index (κ2) is 6.31. The summed E-state index contributed by atoms with van der Waals surface area (Å²) in [6.07, 6.45) is 5.20. The molecule has 2 aromatic rings. The fourth-order valence-electron chi connectivity index (χ4n) is 2.77. The van der Waals surface area contributed by atoms with Gasteiger partial charge in [0.05, 0.1) is 0 Å². The van der Waals surface area contributed by atoms with Crippen molar-refractivity contribution in [2.75, 3.05) is 0 Å². The number of benzene rings is 1. The van der Waals surface area contributed by atoms with E-state index in [-0.39, 0.29) is 0 Å². The van der Waals surface area contributed by atoms with Crippen molar-refractivity contribution in [3.8, 4) is 0 Å². The zero-order valence-electron chi connectivity index (χ0n) is 11.6. The monoisotopic (exact) mass is 351 g/mol. The minimum absolute atomic E-state index is 0.618. The van der Waals surface area contributed by atoms with Crippen LogP contribution in [0.2, 0.25) is 0 Å². The Bertz CT molecular complexity index is 591. The van der Waals surface area contributed by atoms with Crippen molar-refractivity contribution >= 4 is 27.7 Å². The lowest BCUT2D eigenvalue weighted by atomic mass is 10.1. The fourth-order valence-corrected chi connectivity index (χ4v) is 4.07. The number of aromatic nitrogens is 3. The lowest BCUT2D eigenvalue weighted by Crippen LogP contribution is -2.03. The van der Waals surface area contributed by atoms with E-state index in [9.17, 15) is 0 Å². The van der Waals surface area contributed by atoms with Crippen LogP contribution in [0.3, 0.4) is 0 Å². The maximum atomic E-state index is 4.41. The average Bonchev–Trinajstić information content (AvgIpc) is 3.06. The topological polar surface area (TPSA) is 30.7 Å². The SMILES string of the molecule is Cn1c(SCc2cccc(Br)c2)nnc1C1CCCC1. The number of nitrogens with zero attached hydrogens (tertiary/aromatic N) is 3. The zero-order valence-corrected chi connectivity index (χ0v) is 14.0. The van der Waals surface area contributed by atoms with E-state index in [4.69, 9.17) is 0 Å². The summed E-state index contributed by atoms with van der Waals surface area (Å²) in [5.41, 5.74) is 1.30. The molecule has 20 heavy (non-hydrogen) atoms. The molecule has 3 nitrogen and oxygen atoms in total. The minimum atomic E-state index is 0.618. The summed E-state index contributed by atoms with van der Waals surface area (Å²) < 4.78 is 3.30. The third-order valence-corrected chi connectivity index (χ3v) is 5.43. The Morgan fingerprint density at radius 3 is 2.85 bits per heavy atom. The van der Waals surface area contributed by atoms with Crippen molar-refractivity contribution in [3.63, 3.8) is 0 Å². The summed E-state index contributed by atoms with van der Waals surface area (Å²) in [5, 5.41) is 9.79. The summed E-state index contributed by atoms with van der Waals surface area (Å²) in [6, 6.07) is 8.42. The van der Waals surface area contributed by atoms with Crippen molar-refractivity contribution in [2.24, 2.45) is 7.05 Å². The molecule has 0 saturated heterocycles. The van der Waals surface area contributed by atoms with Crippen molar-refractivity contribution in [1.82, 2.24) is 14.8 Å². The Hall–Kier alpha value is -0.810. The van der Waals surface area contributed by atoms with Crippen LogP contribution in [-0.2, 0) is 12.8 Å². The van der Waals surface area contributed by atoms with Gasteiger partial charge in [0.2, 0.25) is 0 Å². The molecule has 1 aliphatic rings. The van der Waals surface area contributed by atoms with Crippen molar-refractivity contribution in [1.29, 1.82) is 0 Å². The van der Waals surface area contributed by atoms with Crippen molar-refractivity contribution < 1.29 is 0 Å². The highest BCUT2D eigenvalue weighted by atomic mass is 79.9. The molecule has 0 spiro atoms. The van der Waals surface area contributed by atoms with Gasteiger partial charge in [-0.15, -0.1) is 10.2 Å². The zero-order chi connectivity index (χ0) is 13.9. The van der Waals surface area contributed by atoms with Gasteiger partial charge in [-0.3, -0.25) is 0 Å². The molecule has 0 aliphatic heterocycles. The van der Waals surface area contributed by atoms with Crippen LogP contribution in [0, 0.1) is 0 Å². The molecule has 1 saturated carbocycles. The van der Waals surface area contributed by atoms with E-state index in [1.807, 2.05) is 0 Å². The number of thioether (sulfide) groups is 1. The fraction of sp³-hybridized carbons (Fsp3) is 0.467. The van der Waals surface area contributed by atoms with Gasteiger partial charge in [-0.1, -0.05) is 52.7 Å². The first-order valence-corrected chi connectivity index (χ1v) is 8.78. The maximum Gasteiger partial charge on any atom is 0.191 e. The number of hydrogen-bond donors (Lipinski definition) is 0. The molecule has 3 rings (SSSR count). The van der Waals surface area contributed by atoms with E-state index >= 15 is 0 Å². The first-order valence-electron chi connectivity index (χ1n) is 7.00. The molecule has 106 valence electrons. The Kier molecular flexibility index (Phi) is 4.46. The van der Waals surface area contributed by atoms with Crippen LogP contribution in [0.5, 0.6) is 0 Å². The molecule has 5 heteroatoms. The van der Waals surface area contributed by atoms with Crippen molar-refractivity contribution in [2.45, 2.75) is 42.5 Å². The predicted octanol–water partition coefficient (Wildman–Crippen LogP) is 4.53. The van der Waals surface area contributed by atoms with Gasteiger partial charge in [0.15, 0.2) is 5.16 Å². The molecule has 1 aromatic carbocycles. The highest BCUT2D eigenvalue weighted by Gasteiger charge is 2.23. The molecule has 1 aliphatic carbocycles. The second-order valence-corrected chi connectivity index (χ2v) is 7.16. The van der Waals surface area contributed by atoms with Gasteiger partial charge < -0.3 is 4.57 Å². The molecule has 1 heterocycles. The molecule has 1 fully saturated rings. The predicted molar refractivity (Wildman–Crippen MR) is 85.9 cm³/mol. The number of halogens is 1. The molecule has 0 radical (unpaired) electrons. The molecule has 0 unspecified atom stereocenters. The van der Waals surface area contributed by atoms with E-state index in [1.54, 1.807) is 11.8 Å². The summed E-state index contributed by atoms with van der Waals surface area (Å²) in [4.78, 5) is 0. The Labute approximate surface area is 132 Å². The van der Waals surface area contributed by atoms with Gasteiger partial charge in [-0.25, -0.2) is 0 Å². The van der Waals surface area contributed by atoms with Crippen LogP contribution in [0.15, 0.2) is 33.9 Å². The van der Waals surface area contributed by atoms with Crippen LogP contribution in [-0.4, -0.2) is 14.8 Å². The summed E-state index contributed by atoms with van der Waals surface area (Å²) in [7, 11) is 2.09. The molecule has 1 aromatic heterocycles. The van der Waals surface area contributed by atoms with Gasteiger partial charge in [-0.2, -0.15) is 0 Å². The van der Waals surface area contributed by atoms with Gasteiger partial charge >= 0.3 is 0 Å². The first kappa shape index (κ1) is 14.1. The van der Waals surface area contributed by atoms with Gasteiger partial charge in [0.25, 0.3) is 0 Å². The average molecular weight is 352 g/mol. The quantitative estimate of drug-likeness (QED) is 0.758. The van der Waals surface area contributed by atoms with E-state index in [0.717, 1.165) is 15.4 Å². The Morgan fingerprint density at radius 2 is 2.10 bits per heavy atom. The summed E-state index contributed by atoms with van der Waals surface area (Å²) >= 11 is 5.27. The maximum absolute atomic E-state index is 4.41. The Morgan fingerprint density at radius 1 is 1.30 bits per heavy atom. The number of hydrogen-bond acceptors (Lipinski definition) is 3. The number of rotatable bonds is 4. The van der Waals surface area contributed by atoms with E-state index in [2.05, 4.69) is 62.0 Å². The van der Waals surface area contributed by atoms with Crippen LogP contribution in [0.25, 0.3) is 0 Å². The lowest BCUT2D eigenvalue weighted by Gasteiger charge is -2.08. The van der Waals surface area contributed by atoms with Gasteiger partial charge in [0, 0.05) is 23.2 Å². The third kappa shape index (κ3) is 3.09. The van der Waals surface area contributed by atoms with Crippen LogP contribution in [0.1, 0.15) is 43.0 Å². The van der Waals surface area contributed by atoms with E-state index in [0.29, 0.717) is 5.92 Å². The highest BCUT2D eigenvalue weighted by molar-refractivity contribution is 9.10. The third-order valence-electron chi connectivity index (χ3n) is 3.85. The molecular formula is C15H18BrN3S. The van der Waals surface area contributed by atoms with E-state index < -0.39 is 0 Å². The lowest BCUT2D eigenvalue weighted by molar-refractivity contribution is 0.616. The minimum Gasteiger partial charge on any atom is -0.309 e. The highest BCUT2D eigenvalue weighted by Crippen LogP contribution is 2.34. The Balaban J connectivity index is 1.69. The summed E-state index contributed by atoms with van der Waals surface area (Å²) in [5.74, 6) is 2.71. The second-order valence-electron chi connectivity index (χ2n) is 5.30. The van der Waals surface area contributed by atoms with Crippen molar-refractivity contribution in [3.05, 3.63) is 40.1 Å². The molecule has 0 amide bonds. The van der Waals surface area contributed by atoms with Crippen LogP contribution in [0.4, 0.5) is 0 Å². The van der Waals surface area contributed by atoms with Gasteiger partial charge in [0.1, 0.15) is 5.82 Å². The summed E-state index contributed by atoms with van der Waals surface area (Å²) in [6.45, 7) is 0. The van der Waals surface area contributed by atoms with Crippen LogP contribution < -0.4 is 0 Å². The smallest absolute Gasteiger partial charge is 0.191 e.